The quantitative estimate of drug-likeness (QED) is 0.165. The van der Waals surface area contributed by atoms with Crippen LogP contribution in [0.15, 0.2) is 70.6 Å². The highest BCUT2D eigenvalue weighted by Gasteiger charge is 2.18. The molecule has 4 rings (SSSR count). The van der Waals surface area contributed by atoms with Crippen molar-refractivity contribution in [3.05, 3.63) is 99.1 Å². The second kappa shape index (κ2) is 11.7. The Labute approximate surface area is 225 Å². The van der Waals surface area contributed by atoms with Crippen molar-refractivity contribution in [3.8, 4) is 5.69 Å². The molecule has 0 saturated carbocycles. The first kappa shape index (κ1) is 27.3. The lowest BCUT2D eigenvalue weighted by atomic mass is 10.0. The van der Waals surface area contributed by atoms with Crippen molar-refractivity contribution < 1.29 is 14.0 Å². The Kier molecular flexibility index (Phi) is 8.42. The van der Waals surface area contributed by atoms with Gasteiger partial charge in [0.2, 0.25) is 0 Å². The number of thioether (sulfide) groups is 1. The number of hydrogen-bond donors (Lipinski definition) is 1. The van der Waals surface area contributed by atoms with Crippen LogP contribution < -0.4 is 10.9 Å². The Morgan fingerprint density at radius 2 is 1.76 bits per heavy atom. The number of Topliss-reactive ketones (excluding diaryl/α,β-unsaturated/α-hetero) is 1. The molecule has 1 amide bonds. The normalized spacial score (nSPS) is 11.2. The van der Waals surface area contributed by atoms with E-state index >= 15 is 0 Å². The van der Waals surface area contributed by atoms with Gasteiger partial charge in [0.15, 0.2) is 10.9 Å². The third-order valence-corrected chi connectivity index (χ3v) is 7.16. The number of carbonyl (C=O) groups is 2. The highest BCUT2D eigenvalue weighted by atomic mass is 32.2. The van der Waals surface area contributed by atoms with E-state index in [1.807, 2.05) is 32.0 Å². The van der Waals surface area contributed by atoms with Crippen molar-refractivity contribution in [2.75, 3.05) is 12.3 Å². The minimum atomic E-state index is -0.428. The SMILES string of the molecule is Cc1ccc(C)c(C(=O)CSc2nc3cc(C(=O)NCCC(C)C)ccc3c(=O)n2-c2ccc(F)cc2)c1. The van der Waals surface area contributed by atoms with E-state index in [0.29, 0.717) is 40.2 Å². The van der Waals surface area contributed by atoms with E-state index in [9.17, 15) is 18.8 Å². The predicted molar refractivity (Wildman–Crippen MR) is 150 cm³/mol. The Bertz CT molecular complexity index is 1560. The summed E-state index contributed by atoms with van der Waals surface area (Å²) >= 11 is 1.13. The van der Waals surface area contributed by atoms with E-state index in [2.05, 4.69) is 19.2 Å². The Balaban J connectivity index is 1.73. The number of aryl methyl sites for hydroxylation is 2. The minimum Gasteiger partial charge on any atom is -0.352 e. The van der Waals surface area contributed by atoms with Crippen LogP contribution >= 0.6 is 11.8 Å². The number of benzene rings is 3. The summed E-state index contributed by atoms with van der Waals surface area (Å²) in [6.45, 7) is 8.53. The maximum atomic E-state index is 13.6. The number of hydrogen-bond acceptors (Lipinski definition) is 5. The van der Waals surface area contributed by atoms with Gasteiger partial charge in [0, 0.05) is 17.7 Å². The summed E-state index contributed by atoms with van der Waals surface area (Å²) in [7, 11) is 0. The number of amides is 1. The molecular weight excluding hydrogens is 501 g/mol. The average Bonchev–Trinajstić information content (AvgIpc) is 2.89. The molecule has 1 aromatic heterocycles. The van der Waals surface area contributed by atoms with Gasteiger partial charge in [-0.1, -0.05) is 43.3 Å². The van der Waals surface area contributed by atoms with Gasteiger partial charge >= 0.3 is 0 Å². The molecule has 196 valence electrons. The van der Waals surface area contributed by atoms with Crippen molar-refractivity contribution in [2.45, 2.75) is 39.3 Å². The van der Waals surface area contributed by atoms with Gasteiger partial charge in [0.05, 0.1) is 22.3 Å². The van der Waals surface area contributed by atoms with E-state index in [-0.39, 0.29) is 28.2 Å². The third kappa shape index (κ3) is 6.19. The second-order valence-corrected chi connectivity index (χ2v) is 10.7. The summed E-state index contributed by atoms with van der Waals surface area (Å²) in [4.78, 5) is 44.1. The van der Waals surface area contributed by atoms with Gasteiger partial charge in [0.1, 0.15) is 5.82 Å². The molecule has 0 atom stereocenters. The molecule has 3 aromatic carbocycles. The minimum absolute atomic E-state index is 0.0544. The molecule has 0 aliphatic rings. The molecule has 8 heteroatoms. The summed E-state index contributed by atoms with van der Waals surface area (Å²) in [5.74, 6) is -0.239. The van der Waals surface area contributed by atoms with Crippen LogP contribution in [0.3, 0.4) is 0 Å². The number of aromatic nitrogens is 2. The van der Waals surface area contributed by atoms with Gasteiger partial charge in [-0.15, -0.1) is 0 Å². The maximum Gasteiger partial charge on any atom is 0.266 e. The summed E-state index contributed by atoms with van der Waals surface area (Å²) in [6.07, 6.45) is 0.856. The van der Waals surface area contributed by atoms with E-state index in [1.54, 1.807) is 18.2 Å². The van der Waals surface area contributed by atoms with Crippen molar-refractivity contribution in [1.29, 1.82) is 0 Å². The molecule has 0 aliphatic carbocycles. The van der Waals surface area contributed by atoms with E-state index in [4.69, 9.17) is 4.98 Å². The van der Waals surface area contributed by atoms with Gasteiger partial charge in [-0.3, -0.25) is 19.0 Å². The van der Waals surface area contributed by atoms with E-state index < -0.39 is 5.82 Å². The largest absolute Gasteiger partial charge is 0.352 e. The van der Waals surface area contributed by atoms with Crippen LogP contribution in [0.5, 0.6) is 0 Å². The number of rotatable bonds is 9. The van der Waals surface area contributed by atoms with Gasteiger partial charge in [-0.25, -0.2) is 9.37 Å². The van der Waals surface area contributed by atoms with Crippen LogP contribution in [0, 0.1) is 25.6 Å². The zero-order valence-electron chi connectivity index (χ0n) is 21.9. The summed E-state index contributed by atoms with van der Waals surface area (Å²) in [5, 5.41) is 3.50. The zero-order chi connectivity index (χ0) is 27.4. The van der Waals surface area contributed by atoms with Crippen LogP contribution in [0.25, 0.3) is 16.6 Å². The highest BCUT2D eigenvalue weighted by molar-refractivity contribution is 7.99. The van der Waals surface area contributed by atoms with Gasteiger partial charge < -0.3 is 5.32 Å². The van der Waals surface area contributed by atoms with Crippen LogP contribution in [-0.4, -0.2) is 33.5 Å². The summed E-state index contributed by atoms with van der Waals surface area (Å²) in [6, 6.07) is 16.0. The predicted octanol–water partition coefficient (Wildman–Crippen LogP) is 5.89. The maximum absolute atomic E-state index is 13.6. The smallest absolute Gasteiger partial charge is 0.266 e. The fourth-order valence-electron chi connectivity index (χ4n) is 4.04. The van der Waals surface area contributed by atoms with Crippen LogP contribution in [-0.2, 0) is 0 Å². The lowest BCUT2D eigenvalue weighted by molar-refractivity contribution is 0.0951. The van der Waals surface area contributed by atoms with Crippen molar-refractivity contribution in [2.24, 2.45) is 5.92 Å². The highest BCUT2D eigenvalue weighted by Crippen LogP contribution is 2.24. The number of ketones is 1. The fraction of sp³-hybridized carbons (Fsp3) is 0.267. The summed E-state index contributed by atoms with van der Waals surface area (Å²) < 4.78 is 15.0. The standard InChI is InChI=1S/C30H30FN3O3S/c1-18(2)13-14-32-28(36)21-7-12-24-26(16-21)33-30(34(29(24)37)23-10-8-22(31)9-11-23)38-17-27(35)25-15-19(3)5-6-20(25)4/h5-12,15-16,18H,13-14,17H2,1-4H3,(H,32,36). The molecular formula is C30H30FN3O3S. The Morgan fingerprint density at radius 3 is 2.47 bits per heavy atom. The first-order valence-electron chi connectivity index (χ1n) is 12.5. The molecule has 0 saturated heterocycles. The molecule has 0 bridgehead atoms. The number of carbonyl (C=O) groups excluding carboxylic acids is 2. The van der Waals surface area contributed by atoms with Gasteiger partial charge in [0.25, 0.3) is 11.5 Å². The molecule has 38 heavy (non-hydrogen) atoms. The number of fused-ring (bicyclic) bond motifs is 1. The van der Waals surface area contributed by atoms with Gasteiger partial charge in [-0.05, 0) is 80.3 Å². The van der Waals surface area contributed by atoms with Crippen LogP contribution in [0.4, 0.5) is 4.39 Å². The van der Waals surface area contributed by atoms with Crippen molar-refractivity contribution >= 4 is 34.4 Å². The second-order valence-electron chi connectivity index (χ2n) is 9.71. The third-order valence-electron chi connectivity index (χ3n) is 6.22. The number of nitrogens with zero attached hydrogens (tertiary/aromatic N) is 2. The van der Waals surface area contributed by atoms with E-state index in [0.717, 1.165) is 29.3 Å². The summed E-state index contributed by atoms with van der Waals surface area (Å²) in [5.41, 5.74) is 3.29. The fourth-order valence-corrected chi connectivity index (χ4v) is 4.94. The molecule has 4 aromatic rings. The topological polar surface area (TPSA) is 81.1 Å². The van der Waals surface area contributed by atoms with E-state index in [1.165, 1.54) is 28.8 Å². The number of halogens is 1. The zero-order valence-corrected chi connectivity index (χ0v) is 22.7. The molecule has 1 heterocycles. The average molecular weight is 532 g/mol. The monoisotopic (exact) mass is 531 g/mol. The molecule has 6 nitrogen and oxygen atoms in total. The Hall–Kier alpha value is -3.78. The van der Waals surface area contributed by atoms with Crippen LogP contribution in [0.2, 0.25) is 0 Å². The molecule has 0 spiro atoms. The first-order chi connectivity index (χ1) is 18.1. The molecule has 0 fully saturated rings. The lowest BCUT2D eigenvalue weighted by Gasteiger charge is -2.14. The number of nitrogens with one attached hydrogen (secondary N) is 1. The molecule has 0 radical (unpaired) electrons. The van der Waals surface area contributed by atoms with Crippen LogP contribution in [0.1, 0.15) is 52.1 Å². The van der Waals surface area contributed by atoms with Crippen molar-refractivity contribution in [3.63, 3.8) is 0 Å². The Morgan fingerprint density at radius 1 is 1.03 bits per heavy atom. The molecule has 0 unspecified atom stereocenters. The van der Waals surface area contributed by atoms with Gasteiger partial charge in [-0.2, -0.15) is 0 Å². The first-order valence-corrected chi connectivity index (χ1v) is 13.5. The molecule has 1 N–H and O–H groups in total. The van der Waals surface area contributed by atoms with Crippen molar-refractivity contribution in [1.82, 2.24) is 14.9 Å². The molecule has 0 aliphatic heterocycles. The lowest BCUT2D eigenvalue weighted by Crippen LogP contribution is -2.26.